The van der Waals surface area contributed by atoms with Crippen molar-refractivity contribution in [1.82, 2.24) is 4.57 Å². The zero-order chi connectivity index (χ0) is 17.9. The molecular formula is C18H16N2O3S2. The van der Waals surface area contributed by atoms with Gasteiger partial charge in [0.05, 0.1) is 16.3 Å². The molecule has 0 aliphatic rings. The Bertz CT molecular complexity index is 1050. The van der Waals surface area contributed by atoms with Gasteiger partial charge in [-0.2, -0.15) is 8.42 Å². The van der Waals surface area contributed by atoms with Crippen molar-refractivity contribution < 1.29 is 13.0 Å². The van der Waals surface area contributed by atoms with E-state index in [1.807, 2.05) is 40.3 Å². The summed E-state index contributed by atoms with van der Waals surface area (Å²) in [6.07, 6.45) is 1.81. The maximum atomic E-state index is 11.1. The lowest BCUT2D eigenvalue weighted by Gasteiger charge is -2.06. The first-order chi connectivity index (χ1) is 12.0. The van der Waals surface area contributed by atoms with Crippen molar-refractivity contribution in [2.45, 2.75) is 11.4 Å². The lowest BCUT2D eigenvalue weighted by molar-refractivity contribution is 0.483. The molecule has 25 heavy (non-hydrogen) atoms. The minimum Gasteiger partial charge on any atom is -0.313 e. The average molecular weight is 372 g/mol. The molecule has 0 saturated heterocycles. The van der Waals surface area contributed by atoms with Crippen molar-refractivity contribution in [3.63, 3.8) is 0 Å². The van der Waals surface area contributed by atoms with Crippen LogP contribution in [0.2, 0.25) is 0 Å². The molecule has 0 fully saturated rings. The summed E-state index contributed by atoms with van der Waals surface area (Å²) in [5.74, 6) is 0. The average Bonchev–Trinajstić information content (AvgIpc) is 2.98. The molecule has 1 aromatic heterocycles. The van der Waals surface area contributed by atoms with Crippen molar-refractivity contribution >= 4 is 27.1 Å². The summed E-state index contributed by atoms with van der Waals surface area (Å²) >= 11 is 1.50. The van der Waals surface area contributed by atoms with E-state index in [0.29, 0.717) is 12.2 Å². The zero-order valence-electron chi connectivity index (χ0n) is 13.2. The molecule has 0 spiro atoms. The van der Waals surface area contributed by atoms with Crippen LogP contribution in [0.4, 0.5) is 5.69 Å². The standard InChI is InChI=1S/C18H16N2O3S2/c1-2-12-20-17(14-6-4-3-5-7-14)13-24-18(20)19-15-8-10-16(11-9-15)25(21,22)23/h2-11,13H,1,12H2,(H,21,22,23). The quantitative estimate of drug-likeness (QED) is 0.546. The lowest BCUT2D eigenvalue weighted by atomic mass is 10.2. The summed E-state index contributed by atoms with van der Waals surface area (Å²) in [6.45, 7) is 4.41. The van der Waals surface area contributed by atoms with E-state index < -0.39 is 10.1 Å². The lowest BCUT2D eigenvalue weighted by Crippen LogP contribution is -2.14. The molecule has 0 bridgehead atoms. The number of allylic oxidation sites excluding steroid dienone is 1. The van der Waals surface area contributed by atoms with E-state index in [-0.39, 0.29) is 4.90 Å². The van der Waals surface area contributed by atoms with Crippen molar-refractivity contribution in [1.29, 1.82) is 0 Å². The van der Waals surface area contributed by atoms with Crippen LogP contribution in [0.15, 0.2) is 82.5 Å². The summed E-state index contributed by atoms with van der Waals surface area (Å²) in [7, 11) is -4.20. The summed E-state index contributed by atoms with van der Waals surface area (Å²) in [5.41, 5.74) is 2.73. The third-order valence-electron chi connectivity index (χ3n) is 3.54. The molecule has 128 valence electrons. The Kier molecular flexibility index (Phi) is 4.98. The minimum absolute atomic E-state index is 0.151. The van der Waals surface area contributed by atoms with E-state index in [1.54, 1.807) is 18.2 Å². The molecule has 7 heteroatoms. The number of rotatable bonds is 5. The van der Waals surface area contributed by atoms with E-state index in [1.165, 1.54) is 23.5 Å². The molecule has 2 aromatic carbocycles. The first kappa shape index (κ1) is 17.3. The molecule has 5 nitrogen and oxygen atoms in total. The summed E-state index contributed by atoms with van der Waals surface area (Å²) in [4.78, 5) is 5.21. The number of hydrogen-bond donors (Lipinski definition) is 1. The van der Waals surface area contributed by atoms with Gasteiger partial charge < -0.3 is 4.57 Å². The number of benzene rings is 2. The van der Waals surface area contributed by atoms with Gasteiger partial charge in [0, 0.05) is 11.9 Å². The molecule has 0 aliphatic heterocycles. The van der Waals surface area contributed by atoms with Gasteiger partial charge in [0.2, 0.25) is 0 Å². The molecule has 0 unspecified atom stereocenters. The van der Waals surface area contributed by atoms with Crippen LogP contribution >= 0.6 is 11.3 Å². The number of hydrogen-bond acceptors (Lipinski definition) is 4. The van der Waals surface area contributed by atoms with Crippen molar-refractivity contribution in [3.05, 3.63) is 77.4 Å². The third kappa shape index (κ3) is 3.96. The molecule has 0 aliphatic carbocycles. The predicted molar refractivity (Wildman–Crippen MR) is 99.4 cm³/mol. The van der Waals surface area contributed by atoms with Crippen LogP contribution in [-0.2, 0) is 16.7 Å². The second-order valence-electron chi connectivity index (χ2n) is 5.25. The Morgan fingerprint density at radius 1 is 1.12 bits per heavy atom. The molecule has 0 saturated carbocycles. The van der Waals surface area contributed by atoms with Crippen molar-refractivity contribution in [2.75, 3.05) is 0 Å². The zero-order valence-corrected chi connectivity index (χ0v) is 14.9. The Morgan fingerprint density at radius 2 is 1.80 bits per heavy atom. The fourth-order valence-electron chi connectivity index (χ4n) is 2.37. The topological polar surface area (TPSA) is 71.7 Å². The van der Waals surface area contributed by atoms with Gasteiger partial charge in [0.1, 0.15) is 0 Å². The minimum atomic E-state index is -4.20. The molecule has 1 heterocycles. The summed E-state index contributed by atoms with van der Waals surface area (Å²) in [6, 6.07) is 15.8. The SMILES string of the molecule is C=CCn1c(-c2ccccc2)csc1=Nc1ccc(S(=O)(=O)O)cc1. The van der Waals surface area contributed by atoms with E-state index in [0.717, 1.165) is 16.1 Å². The first-order valence-corrected chi connectivity index (χ1v) is 9.78. The van der Waals surface area contributed by atoms with Crippen molar-refractivity contribution in [3.8, 4) is 11.3 Å². The van der Waals surface area contributed by atoms with Crippen LogP contribution in [-0.4, -0.2) is 17.5 Å². The molecule has 3 rings (SSSR count). The Balaban J connectivity index is 2.06. The Hall–Kier alpha value is -2.48. The van der Waals surface area contributed by atoms with Crippen LogP contribution in [0.25, 0.3) is 11.3 Å². The molecule has 3 aromatic rings. The fraction of sp³-hybridized carbons (Fsp3) is 0.0556. The Labute approximate surface area is 150 Å². The van der Waals surface area contributed by atoms with E-state index >= 15 is 0 Å². The van der Waals surface area contributed by atoms with Crippen LogP contribution in [0.1, 0.15) is 0 Å². The Morgan fingerprint density at radius 3 is 2.40 bits per heavy atom. The summed E-state index contributed by atoms with van der Waals surface area (Å²) < 4.78 is 33.3. The molecular weight excluding hydrogens is 356 g/mol. The first-order valence-electron chi connectivity index (χ1n) is 7.46. The second kappa shape index (κ2) is 7.18. The highest BCUT2D eigenvalue weighted by atomic mass is 32.2. The van der Waals surface area contributed by atoms with Crippen molar-refractivity contribution in [2.24, 2.45) is 4.99 Å². The van der Waals surface area contributed by atoms with Gasteiger partial charge in [-0.15, -0.1) is 17.9 Å². The normalized spacial score (nSPS) is 12.3. The third-order valence-corrected chi connectivity index (χ3v) is 5.27. The highest BCUT2D eigenvalue weighted by molar-refractivity contribution is 7.85. The monoisotopic (exact) mass is 372 g/mol. The van der Waals surface area contributed by atoms with Crippen LogP contribution < -0.4 is 4.80 Å². The number of aromatic nitrogens is 1. The maximum absolute atomic E-state index is 11.1. The van der Waals surface area contributed by atoms with Gasteiger partial charge >= 0.3 is 0 Å². The second-order valence-corrected chi connectivity index (χ2v) is 7.51. The van der Waals surface area contributed by atoms with Gasteiger partial charge in [0.25, 0.3) is 10.1 Å². The molecule has 0 amide bonds. The fourth-order valence-corrected chi connectivity index (χ4v) is 3.79. The summed E-state index contributed by atoms with van der Waals surface area (Å²) in [5, 5.41) is 2.03. The van der Waals surface area contributed by atoms with Gasteiger partial charge in [-0.3, -0.25) is 4.55 Å². The highest BCUT2D eigenvalue weighted by Crippen LogP contribution is 2.21. The smallest absolute Gasteiger partial charge is 0.294 e. The predicted octanol–water partition coefficient (Wildman–Crippen LogP) is 3.88. The number of thiazole rings is 1. The van der Waals surface area contributed by atoms with Gasteiger partial charge in [-0.1, -0.05) is 36.4 Å². The number of nitrogens with zero attached hydrogens (tertiary/aromatic N) is 2. The van der Waals surface area contributed by atoms with Gasteiger partial charge in [-0.05, 0) is 29.8 Å². The van der Waals surface area contributed by atoms with Gasteiger partial charge in [-0.25, -0.2) is 4.99 Å². The van der Waals surface area contributed by atoms with E-state index in [4.69, 9.17) is 4.55 Å². The molecule has 1 N–H and O–H groups in total. The van der Waals surface area contributed by atoms with Crippen LogP contribution in [0.5, 0.6) is 0 Å². The molecule has 0 atom stereocenters. The van der Waals surface area contributed by atoms with Crippen LogP contribution in [0.3, 0.4) is 0 Å². The maximum Gasteiger partial charge on any atom is 0.294 e. The largest absolute Gasteiger partial charge is 0.313 e. The molecule has 0 radical (unpaired) electrons. The van der Waals surface area contributed by atoms with Gasteiger partial charge in [0.15, 0.2) is 4.80 Å². The van der Waals surface area contributed by atoms with E-state index in [9.17, 15) is 8.42 Å². The highest BCUT2D eigenvalue weighted by Gasteiger charge is 2.09. The van der Waals surface area contributed by atoms with Crippen LogP contribution in [0, 0.1) is 0 Å². The van der Waals surface area contributed by atoms with E-state index in [2.05, 4.69) is 11.6 Å².